The minimum Gasteiger partial charge on any atom is -0.378 e. The third-order valence-corrected chi connectivity index (χ3v) is 7.92. The third-order valence-electron chi connectivity index (χ3n) is 6.61. The van der Waals surface area contributed by atoms with Crippen molar-refractivity contribution in [2.24, 2.45) is 10.1 Å². The summed E-state index contributed by atoms with van der Waals surface area (Å²) in [6.45, 7) is 4.72. The Bertz CT molecular complexity index is 1090. The molecule has 1 unspecified atom stereocenters. The van der Waals surface area contributed by atoms with Crippen LogP contribution in [0.15, 0.2) is 28.7 Å². The lowest BCUT2D eigenvalue weighted by Crippen LogP contribution is -2.50. The molecule has 13 heteroatoms. The first-order valence-corrected chi connectivity index (χ1v) is 13.5. The number of hydrazone groups is 1. The molecule has 5 heterocycles. The van der Waals surface area contributed by atoms with E-state index in [1.54, 1.807) is 16.7 Å². The highest BCUT2D eigenvalue weighted by Gasteiger charge is 2.36. The van der Waals surface area contributed by atoms with E-state index in [2.05, 4.69) is 20.2 Å². The number of sulfonamides is 1. The largest absolute Gasteiger partial charge is 0.378 e. The lowest BCUT2D eigenvalue weighted by molar-refractivity contribution is 0.0652. The van der Waals surface area contributed by atoms with Gasteiger partial charge in [0.2, 0.25) is 16.0 Å². The molecule has 2 fully saturated rings. The molecule has 0 bridgehead atoms. The Kier molecular flexibility index (Phi) is 6.51. The summed E-state index contributed by atoms with van der Waals surface area (Å²) in [7, 11) is -3.12. The summed E-state index contributed by atoms with van der Waals surface area (Å²) in [4.78, 5) is 15.5. The number of nitrogen functional groups attached to an aromatic ring is 1. The van der Waals surface area contributed by atoms with Gasteiger partial charge in [0, 0.05) is 63.1 Å². The topological polar surface area (TPSA) is 142 Å². The van der Waals surface area contributed by atoms with E-state index in [1.165, 1.54) is 6.26 Å². The SMILES string of the molecule is CS(=O)(=O)N1CCC(NCC2=NN3C=C(c4cnc(N)nc4)N=C(N4CCOCC4)C3C2)CC1. The molecule has 5 rings (SSSR count). The summed E-state index contributed by atoms with van der Waals surface area (Å²) in [6.07, 6.45) is 8.97. The molecule has 0 aliphatic carbocycles. The maximum atomic E-state index is 11.7. The molecule has 0 spiro atoms. The van der Waals surface area contributed by atoms with Crippen LogP contribution in [0, 0.1) is 0 Å². The number of rotatable bonds is 5. The second kappa shape index (κ2) is 9.56. The minimum absolute atomic E-state index is 0.0421. The molecule has 1 aromatic heterocycles. The molecule has 4 aliphatic rings. The third kappa shape index (κ3) is 5.06. The maximum Gasteiger partial charge on any atom is 0.219 e. The molecule has 1 aromatic rings. The number of aromatic nitrogens is 2. The standard InChI is InChI=1S/C21H31N9O3S/c1-34(31,32)29-4-2-16(3-5-29)23-13-17-10-19-20(28-6-8-33-9-7-28)26-18(14-30(19)27-17)15-11-24-21(22)25-12-15/h11-12,14,16,19,23H,2-10,13H2,1H3,(H2,22,24,25). The summed E-state index contributed by atoms with van der Waals surface area (Å²) in [5.74, 6) is 1.21. The Morgan fingerprint density at radius 2 is 1.85 bits per heavy atom. The summed E-state index contributed by atoms with van der Waals surface area (Å²) >= 11 is 0. The molecular formula is C21H31N9O3S. The van der Waals surface area contributed by atoms with Gasteiger partial charge in [-0.15, -0.1) is 0 Å². The average Bonchev–Trinajstić information content (AvgIpc) is 3.26. The first kappa shape index (κ1) is 23.1. The van der Waals surface area contributed by atoms with Gasteiger partial charge in [0.15, 0.2) is 0 Å². The molecule has 4 aliphatic heterocycles. The average molecular weight is 490 g/mol. The van der Waals surface area contributed by atoms with Gasteiger partial charge in [0.1, 0.15) is 11.9 Å². The molecule has 0 amide bonds. The fraction of sp³-hybridized carbons (Fsp3) is 0.619. The Morgan fingerprint density at radius 1 is 1.15 bits per heavy atom. The number of hydrogen-bond donors (Lipinski definition) is 2. The van der Waals surface area contributed by atoms with Crippen molar-refractivity contribution in [2.45, 2.75) is 31.3 Å². The number of fused-ring (bicyclic) bond motifs is 1. The van der Waals surface area contributed by atoms with Gasteiger partial charge in [0.05, 0.1) is 37.1 Å². The zero-order valence-corrected chi connectivity index (χ0v) is 20.1. The highest BCUT2D eigenvalue weighted by Crippen LogP contribution is 2.29. The van der Waals surface area contributed by atoms with Crippen LogP contribution in [0.1, 0.15) is 24.8 Å². The van der Waals surface area contributed by atoms with Gasteiger partial charge in [-0.1, -0.05) is 0 Å². The van der Waals surface area contributed by atoms with Crippen molar-refractivity contribution in [3.05, 3.63) is 24.2 Å². The molecule has 3 N–H and O–H groups in total. The van der Waals surface area contributed by atoms with Crippen molar-refractivity contribution in [3.63, 3.8) is 0 Å². The number of nitrogens with two attached hydrogens (primary N) is 1. The number of amidine groups is 1. The molecule has 1 atom stereocenters. The second-order valence-electron chi connectivity index (χ2n) is 9.00. The smallest absolute Gasteiger partial charge is 0.219 e. The Hall–Kier alpha value is -2.61. The van der Waals surface area contributed by atoms with E-state index in [0.29, 0.717) is 32.8 Å². The number of piperidine rings is 1. The van der Waals surface area contributed by atoms with E-state index in [-0.39, 0.29) is 18.0 Å². The van der Waals surface area contributed by atoms with Crippen molar-refractivity contribution in [2.75, 3.05) is 57.9 Å². The van der Waals surface area contributed by atoms with Gasteiger partial charge in [-0.3, -0.25) is 5.01 Å². The predicted octanol–water partition coefficient (Wildman–Crippen LogP) is -0.455. The van der Waals surface area contributed by atoms with Crippen LogP contribution in [-0.2, 0) is 14.8 Å². The number of ether oxygens (including phenoxy) is 1. The van der Waals surface area contributed by atoms with Gasteiger partial charge in [-0.05, 0) is 12.8 Å². The fourth-order valence-electron chi connectivity index (χ4n) is 4.72. The van der Waals surface area contributed by atoms with Gasteiger partial charge < -0.3 is 20.7 Å². The lowest BCUT2D eigenvalue weighted by atomic mass is 10.0. The summed E-state index contributed by atoms with van der Waals surface area (Å²) in [5, 5.41) is 10.5. The first-order valence-electron chi connectivity index (χ1n) is 11.6. The molecule has 12 nitrogen and oxygen atoms in total. The highest BCUT2D eigenvalue weighted by atomic mass is 32.2. The van der Waals surface area contributed by atoms with E-state index in [1.807, 2.05) is 11.2 Å². The maximum absolute atomic E-state index is 11.7. The zero-order valence-electron chi connectivity index (χ0n) is 19.3. The molecule has 0 radical (unpaired) electrons. The lowest BCUT2D eigenvalue weighted by Gasteiger charge is -2.36. The molecular weight excluding hydrogens is 458 g/mol. The van der Waals surface area contributed by atoms with Crippen LogP contribution in [-0.4, -0.2) is 108 Å². The monoisotopic (exact) mass is 489 g/mol. The van der Waals surface area contributed by atoms with E-state index in [0.717, 1.165) is 55.2 Å². The quantitative estimate of drug-likeness (QED) is 0.562. The Balaban J connectivity index is 1.28. The van der Waals surface area contributed by atoms with Crippen LogP contribution in [0.4, 0.5) is 5.95 Å². The number of nitrogens with one attached hydrogen (secondary N) is 1. The number of anilines is 1. The zero-order chi connectivity index (χ0) is 23.7. The van der Waals surface area contributed by atoms with E-state index < -0.39 is 10.0 Å². The van der Waals surface area contributed by atoms with E-state index >= 15 is 0 Å². The van der Waals surface area contributed by atoms with Crippen molar-refractivity contribution in [1.82, 2.24) is 29.5 Å². The van der Waals surface area contributed by atoms with Crippen molar-refractivity contribution < 1.29 is 13.2 Å². The molecule has 34 heavy (non-hydrogen) atoms. The van der Waals surface area contributed by atoms with Gasteiger partial charge in [-0.25, -0.2) is 27.7 Å². The van der Waals surface area contributed by atoms with Crippen molar-refractivity contribution in [3.8, 4) is 0 Å². The van der Waals surface area contributed by atoms with Crippen LogP contribution in [0.5, 0.6) is 0 Å². The summed E-state index contributed by atoms with van der Waals surface area (Å²) in [5.41, 5.74) is 8.26. The molecule has 184 valence electrons. The normalized spacial score (nSPS) is 24.5. The Labute approximate surface area is 199 Å². The van der Waals surface area contributed by atoms with Crippen LogP contribution >= 0.6 is 0 Å². The van der Waals surface area contributed by atoms with Gasteiger partial charge in [0.25, 0.3) is 0 Å². The van der Waals surface area contributed by atoms with Crippen LogP contribution in [0.25, 0.3) is 5.70 Å². The van der Waals surface area contributed by atoms with Crippen molar-refractivity contribution in [1.29, 1.82) is 0 Å². The van der Waals surface area contributed by atoms with Crippen LogP contribution in [0.2, 0.25) is 0 Å². The summed E-state index contributed by atoms with van der Waals surface area (Å²) < 4.78 is 30.6. The number of aliphatic imine (C=N–C) groups is 1. The minimum atomic E-state index is -3.12. The van der Waals surface area contributed by atoms with Crippen molar-refractivity contribution >= 4 is 33.2 Å². The summed E-state index contributed by atoms with van der Waals surface area (Å²) in [6, 6.07) is 0.323. The van der Waals surface area contributed by atoms with Gasteiger partial charge >= 0.3 is 0 Å². The number of hydrogen-bond acceptors (Lipinski definition) is 11. The highest BCUT2D eigenvalue weighted by molar-refractivity contribution is 7.88. The Morgan fingerprint density at radius 3 is 2.53 bits per heavy atom. The predicted molar refractivity (Wildman–Crippen MR) is 129 cm³/mol. The van der Waals surface area contributed by atoms with Gasteiger partial charge in [-0.2, -0.15) is 5.10 Å². The number of morpholine rings is 1. The van der Waals surface area contributed by atoms with Crippen LogP contribution in [0.3, 0.4) is 0 Å². The number of nitrogens with zero attached hydrogens (tertiary/aromatic N) is 7. The first-order chi connectivity index (χ1) is 16.4. The molecule has 0 saturated carbocycles. The second-order valence-corrected chi connectivity index (χ2v) is 11.0. The van der Waals surface area contributed by atoms with E-state index in [4.69, 9.17) is 20.6 Å². The van der Waals surface area contributed by atoms with Crippen LogP contribution < -0.4 is 11.1 Å². The molecule has 2 saturated heterocycles. The fourth-order valence-corrected chi connectivity index (χ4v) is 5.59. The van der Waals surface area contributed by atoms with E-state index in [9.17, 15) is 8.42 Å². The molecule has 0 aromatic carbocycles.